The second-order valence-electron chi connectivity index (χ2n) is 7.49. The average molecular weight is 314 g/mol. The molecule has 0 aromatic carbocycles. The van der Waals surface area contributed by atoms with Crippen LogP contribution in [-0.2, 0) is 8.85 Å². The van der Waals surface area contributed by atoms with Crippen LogP contribution in [0.15, 0.2) is 0 Å². The van der Waals surface area contributed by atoms with Crippen molar-refractivity contribution in [1.82, 2.24) is 0 Å². The minimum absolute atomic E-state index is 0.105. The van der Waals surface area contributed by atoms with Crippen LogP contribution in [0.3, 0.4) is 0 Å². The second kappa shape index (κ2) is 7.79. The van der Waals surface area contributed by atoms with E-state index >= 15 is 0 Å². The first-order valence-corrected chi connectivity index (χ1v) is 12.8. The molecule has 117 valence electrons. The van der Waals surface area contributed by atoms with E-state index in [9.17, 15) is 0 Å². The lowest BCUT2D eigenvalue weighted by Crippen LogP contribution is -2.44. The summed E-state index contributed by atoms with van der Waals surface area (Å²) in [6.07, 6.45) is 5.69. The van der Waals surface area contributed by atoms with E-state index in [1.807, 2.05) is 0 Å². The summed E-state index contributed by atoms with van der Waals surface area (Å²) in [4.78, 5) is 0. The molecule has 0 bridgehead atoms. The highest BCUT2D eigenvalue weighted by Crippen LogP contribution is 2.37. The summed E-state index contributed by atoms with van der Waals surface area (Å²) < 4.78 is 12.4. The van der Waals surface area contributed by atoms with E-state index < -0.39 is 17.4 Å². The third kappa shape index (κ3) is 6.13. The van der Waals surface area contributed by atoms with Gasteiger partial charge in [-0.05, 0) is 38.2 Å². The molecule has 0 saturated heterocycles. The predicted octanol–water partition coefficient (Wildman–Crippen LogP) is 4.55. The Labute approximate surface area is 129 Å². The SMILES string of the molecule is C#C[C@@H](C)[C@@H](O[Si](C)C)[C@@H](C)CO[Si](C)(C)C(C)(C)C. The fourth-order valence-electron chi connectivity index (χ4n) is 1.73. The van der Waals surface area contributed by atoms with Gasteiger partial charge in [0.25, 0.3) is 0 Å². The third-order valence-corrected chi connectivity index (χ3v) is 9.45. The summed E-state index contributed by atoms with van der Waals surface area (Å²) in [6.45, 7) is 20.7. The highest BCUT2D eigenvalue weighted by atomic mass is 28.4. The number of rotatable bonds is 7. The fraction of sp³-hybridized carbons (Fsp3) is 0.875. The van der Waals surface area contributed by atoms with E-state index in [4.69, 9.17) is 15.3 Å². The molecule has 0 heterocycles. The van der Waals surface area contributed by atoms with Crippen molar-refractivity contribution in [1.29, 1.82) is 0 Å². The Morgan fingerprint density at radius 3 is 2.05 bits per heavy atom. The third-order valence-electron chi connectivity index (χ3n) is 4.20. The lowest BCUT2D eigenvalue weighted by Gasteiger charge is -2.38. The van der Waals surface area contributed by atoms with Crippen molar-refractivity contribution in [2.45, 2.75) is 71.9 Å². The van der Waals surface area contributed by atoms with E-state index in [-0.39, 0.29) is 17.1 Å². The first-order valence-electron chi connectivity index (χ1n) is 7.49. The van der Waals surface area contributed by atoms with Gasteiger partial charge in [0.15, 0.2) is 8.32 Å². The molecule has 0 unspecified atom stereocenters. The zero-order chi connectivity index (χ0) is 16.1. The van der Waals surface area contributed by atoms with Gasteiger partial charge in [0.2, 0.25) is 9.04 Å². The summed E-state index contributed by atoms with van der Waals surface area (Å²) >= 11 is 0. The first kappa shape index (κ1) is 19.9. The first-order chi connectivity index (χ1) is 8.92. The largest absolute Gasteiger partial charge is 0.416 e. The van der Waals surface area contributed by atoms with E-state index in [0.29, 0.717) is 5.92 Å². The monoisotopic (exact) mass is 313 g/mol. The molecule has 20 heavy (non-hydrogen) atoms. The lowest BCUT2D eigenvalue weighted by atomic mass is 9.95. The lowest BCUT2D eigenvalue weighted by molar-refractivity contribution is 0.0765. The molecule has 0 saturated carbocycles. The van der Waals surface area contributed by atoms with Crippen LogP contribution in [0.2, 0.25) is 31.2 Å². The zero-order valence-electron chi connectivity index (χ0n) is 14.8. The molecule has 0 fully saturated rings. The molecule has 0 aromatic heterocycles. The number of terminal acetylenes is 1. The van der Waals surface area contributed by atoms with Crippen molar-refractivity contribution >= 4 is 17.4 Å². The smallest absolute Gasteiger partial charge is 0.205 e. The Hall–Kier alpha value is -0.0862. The van der Waals surface area contributed by atoms with Gasteiger partial charge in [-0.15, -0.1) is 12.3 Å². The molecule has 3 atom stereocenters. The van der Waals surface area contributed by atoms with Crippen molar-refractivity contribution in [3.8, 4) is 12.3 Å². The van der Waals surface area contributed by atoms with E-state index in [2.05, 4.69) is 66.7 Å². The summed E-state index contributed by atoms with van der Waals surface area (Å²) in [6, 6.07) is 0. The molecular formula is C16H33O2Si2. The summed E-state index contributed by atoms with van der Waals surface area (Å²) in [5.74, 6) is 3.29. The highest BCUT2D eigenvalue weighted by Gasteiger charge is 2.38. The molecule has 1 radical (unpaired) electrons. The van der Waals surface area contributed by atoms with E-state index in [1.54, 1.807) is 0 Å². The van der Waals surface area contributed by atoms with Gasteiger partial charge in [-0.3, -0.25) is 0 Å². The van der Waals surface area contributed by atoms with Crippen LogP contribution in [0.1, 0.15) is 34.6 Å². The van der Waals surface area contributed by atoms with Gasteiger partial charge in [-0.1, -0.05) is 27.7 Å². The van der Waals surface area contributed by atoms with Crippen molar-refractivity contribution in [2.24, 2.45) is 11.8 Å². The molecule has 0 aliphatic heterocycles. The Bertz CT molecular complexity index is 326. The van der Waals surface area contributed by atoms with Gasteiger partial charge in [-0.2, -0.15) is 0 Å². The summed E-state index contributed by atoms with van der Waals surface area (Å²) in [7, 11) is -2.45. The molecule has 4 heteroatoms. The standard InChI is InChI=1S/C16H33O2Si2/c1-11-13(2)15(18-19(7)8)14(3)12-17-20(9,10)16(4,5)6/h1,13-15H,12H2,2-10H3/t13-,14+,15-/m1/s1. The molecule has 0 spiro atoms. The van der Waals surface area contributed by atoms with Crippen LogP contribution in [0.5, 0.6) is 0 Å². The van der Waals surface area contributed by atoms with Gasteiger partial charge in [0.1, 0.15) is 0 Å². The second-order valence-corrected chi connectivity index (χ2v) is 14.4. The molecule has 0 amide bonds. The Morgan fingerprint density at radius 2 is 1.70 bits per heavy atom. The quantitative estimate of drug-likeness (QED) is 0.507. The van der Waals surface area contributed by atoms with Crippen LogP contribution >= 0.6 is 0 Å². The predicted molar refractivity (Wildman–Crippen MR) is 92.7 cm³/mol. The van der Waals surface area contributed by atoms with Gasteiger partial charge < -0.3 is 8.85 Å². The van der Waals surface area contributed by atoms with Crippen molar-refractivity contribution < 1.29 is 8.85 Å². The molecule has 2 nitrogen and oxygen atoms in total. The van der Waals surface area contributed by atoms with Crippen molar-refractivity contribution in [2.75, 3.05) is 6.61 Å². The molecule has 0 rings (SSSR count). The summed E-state index contributed by atoms with van der Waals surface area (Å²) in [5, 5.41) is 0.241. The van der Waals surface area contributed by atoms with E-state index in [1.165, 1.54) is 0 Å². The normalized spacial score (nSPS) is 17.6. The Kier molecular flexibility index (Phi) is 7.76. The molecule has 0 aliphatic carbocycles. The minimum Gasteiger partial charge on any atom is -0.416 e. The van der Waals surface area contributed by atoms with Crippen LogP contribution in [0.25, 0.3) is 0 Å². The van der Waals surface area contributed by atoms with Gasteiger partial charge in [-0.25, -0.2) is 0 Å². The molecular weight excluding hydrogens is 280 g/mol. The maximum atomic E-state index is 6.31. The van der Waals surface area contributed by atoms with Crippen LogP contribution in [-0.4, -0.2) is 30.1 Å². The van der Waals surface area contributed by atoms with Crippen LogP contribution < -0.4 is 0 Å². The zero-order valence-corrected chi connectivity index (χ0v) is 16.8. The van der Waals surface area contributed by atoms with Crippen molar-refractivity contribution in [3.05, 3.63) is 0 Å². The number of hydrogen-bond acceptors (Lipinski definition) is 2. The minimum atomic E-state index is -1.70. The number of hydrogen-bond donors (Lipinski definition) is 0. The average Bonchev–Trinajstić information content (AvgIpc) is 2.30. The Morgan fingerprint density at radius 1 is 1.20 bits per heavy atom. The summed E-state index contributed by atoms with van der Waals surface area (Å²) in [5.41, 5.74) is 0. The maximum absolute atomic E-state index is 6.31. The fourth-order valence-corrected chi connectivity index (χ4v) is 3.82. The van der Waals surface area contributed by atoms with E-state index in [0.717, 1.165) is 6.61 Å². The van der Waals surface area contributed by atoms with Gasteiger partial charge in [0, 0.05) is 18.4 Å². The molecule has 0 aromatic rings. The molecule has 0 N–H and O–H groups in total. The van der Waals surface area contributed by atoms with Crippen molar-refractivity contribution in [3.63, 3.8) is 0 Å². The van der Waals surface area contributed by atoms with Crippen LogP contribution in [0, 0.1) is 24.2 Å². The highest BCUT2D eigenvalue weighted by molar-refractivity contribution is 6.74. The van der Waals surface area contributed by atoms with Crippen LogP contribution in [0.4, 0.5) is 0 Å². The maximum Gasteiger partial charge on any atom is 0.205 e. The van der Waals surface area contributed by atoms with Gasteiger partial charge in [0.05, 0.1) is 6.10 Å². The Balaban J connectivity index is 4.70. The van der Waals surface area contributed by atoms with Gasteiger partial charge >= 0.3 is 0 Å². The molecule has 0 aliphatic rings. The topological polar surface area (TPSA) is 18.5 Å².